The third kappa shape index (κ3) is 4.97. The van der Waals surface area contributed by atoms with Gasteiger partial charge < -0.3 is 15.4 Å². The first-order valence-electron chi connectivity index (χ1n) is 8.41. The Hall–Kier alpha value is -2.61. The minimum atomic E-state index is -4.67. The van der Waals surface area contributed by atoms with Gasteiger partial charge in [-0.3, -0.25) is 4.79 Å². The highest BCUT2D eigenvalue weighted by atomic mass is 19.4. The van der Waals surface area contributed by atoms with Gasteiger partial charge in [-0.25, -0.2) is 4.39 Å². The Morgan fingerprint density at radius 2 is 1.89 bits per heavy atom. The Bertz CT molecular complexity index is 800. The quantitative estimate of drug-likeness (QED) is 0.761. The lowest BCUT2D eigenvalue weighted by molar-refractivity contribution is -0.137. The van der Waals surface area contributed by atoms with E-state index in [0.717, 1.165) is 17.7 Å². The molecule has 144 valence electrons. The number of halogens is 4. The van der Waals surface area contributed by atoms with Gasteiger partial charge in [0.05, 0.1) is 23.8 Å². The first kappa shape index (κ1) is 19.2. The topological polar surface area (TPSA) is 50.4 Å². The second kappa shape index (κ2) is 7.96. The number of ether oxygens (including phenoxy) is 1. The molecule has 0 spiro atoms. The predicted molar refractivity (Wildman–Crippen MR) is 91.9 cm³/mol. The lowest BCUT2D eigenvalue weighted by atomic mass is 10.1. The summed E-state index contributed by atoms with van der Waals surface area (Å²) in [6.45, 7) is 1.33. The first-order valence-corrected chi connectivity index (χ1v) is 8.41. The van der Waals surface area contributed by atoms with E-state index in [4.69, 9.17) is 4.74 Å². The summed E-state index contributed by atoms with van der Waals surface area (Å²) in [5, 5.41) is 5.47. The van der Waals surface area contributed by atoms with Gasteiger partial charge in [0.1, 0.15) is 5.82 Å². The lowest BCUT2D eigenvalue weighted by Crippen LogP contribution is -2.30. The van der Waals surface area contributed by atoms with Gasteiger partial charge >= 0.3 is 6.18 Å². The Kier molecular flexibility index (Phi) is 5.65. The van der Waals surface area contributed by atoms with Crippen molar-refractivity contribution in [3.8, 4) is 0 Å². The molecule has 2 N–H and O–H groups in total. The maximum Gasteiger partial charge on any atom is 0.418 e. The Balaban J connectivity index is 1.63. The molecule has 0 saturated carbocycles. The van der Waals surface area contributed by atoms with Crippen LogP contribution in [0.15, 0.2) is 42.5 Å². The number of amides is 1. The van der Waals surface area contributed by atoms with Crippen LogP contribution < -0.4 is 10.6 Å². The summed E-state index contributed by atoms with van der Waals surface area (Å²) in [6.07, 6.45) is -3.97. The lowest BCUT2D eigenvalue weighted by Gasteiger charge is -2.15. The smallest absolute Gasteiger partial charge is 0.381 e. The van der Waals surface area contributed by atoms with Crippen LogP contribution in [-0.2, 0) is 22.3 Å². The van der Waals surface area contributed by atoms with Gasteiger partial charge in [0.2, 0.25) is 5.91 Å². The summed E-state index contributed by atoms with van der Waals surface area (Å²) >= 11 is 0. The van der Waals surface area contributed by atoms with Crippen molar-refractivity contribution in [1.29, 1.82) is 0 Å². The van der Waals surface area contributed by atoms with Gasteiger partial charge in [-0.1, -0.05) is 12.1 Å². The summed E-state index contributed by atoms with van der Waals surface area (Å²) in [5.74, 6) is -1.16. The van der Waals surface area contributed by atoms with Crippen LogP contribution in [0.5, 0.6) is 0 Å². The minimum Gasteiger partial charge on any atom is -0.381 e. The molecular weight excluding hydrogens is 364 g/mol. The number of hydrogen-bond donors (Lipinski definition) is 2. The molecule has 27 heavy (non-hydrogen) atoms. The molecule has 0 aromatic heterocycles. The van der Waals surface area contributed by atoms with E-state index in [1.165, 1.54) is 0 Å². The van der Waals surface area contributed by atoms with E-state index in [2.05, 4.69) is 10.6 Å². The third-order valence-corrected chi connectivity index (χ3v) is 4.29. The molecule has 4 nitrogen and oxygen atoms in total. The molecule has 2 aromatic rings. The van der Waals surface area contributed by atoms with Crippen LogP contribution >= 0.6 is 0 Å². The van der Waals surface area contributed by atoms with E-state index in [9.17, 15) is 22.4 Å². The molecular formula is C19H18F4N2O2. The predicted octanol–water partition coefficient (Wildman–Crippen LogP) is 4.24. The normalized spacial score (nSPS) is 17.0. The molecule has 8 heteroatoms. The van der Waals surface area contributed by atoms with E-state index >= 15 is 0 Å². The molecule has 0 aliphatic carbocycles. The average molecular weight is 382 g/mol. The summed E-state index contributed by atoms with van der Waals surface area (Å²) in [6, 6.07) is 9.07. The molecule has 1 aliphatic rings. The zero-order chi connectivity index (χ0) is 19.4. The van der Waals surface area contributed by atoms with Crippen molar-refractivity contribution in [2.24, 2.45) is 5.92 Å². The Labute approximate surface area is 153 Å². The van der Waals surface area contributed by atoms with Crippen LogP contribution in [0.25, 0.3) is 0 Å². The molecule has 0 bridgehead atoms. The molecule has 2 aromatic carbocycles. The minimum absolute atomic E-state index is 0.0733. The number of carbonyl (C=O) groups is 1. The monoisotopic (exact) mass is 382 g/mol. The number of nitrogens with one attached hydrogen (secondary N) is 2. The number of carbonyl (C=O) groups excluding carboxylic acids is 1. The summed E-state index contributed by atoms with van der Waals surface area (Å²) in [5.41, 5.74) is -0.0712. The SMILES string of the molecule is O=C(NCc1ccc(Nc2ccc(F)cc2C(F)(F)F)cc1)[C@@H]1CCOC1. The van der Waals surface area contributed by atoms with Crippen LogP contribution in [0.3, 0.4) is 0 Å². The highest BCUT2D eigenvalue weighted by Gasteiger charge is 2.34. The average Bonchev–Trinajstić information content (AvgIpc) is 3.16. The molecule has 1 heterocycles. The summed E-state index contributed by atoms with van der Waals surface area (Å²) < 4.78 is 57.5. The zero-order valence-corrected chi connectivity index (χ0v) is 14.3. The number of rotatable bonds is 5. The number of alkyl halides is 3. The number of anilines is 2. The zero-order valence-electron chi connectivity index (χ0n) is 14.3. The van der Waals surface area contributed by atoms with Gasteiger partial charge in [0.25, 0.3) is 0 Å². The molecule has 1 atom stereocenters. The van der Waals surface area contributed by atoms with Crippen LogP contribution in [0, 0.1) is 11.7 Å². The van der Waals surface area contributed by atoms with E-state index < -0.39 is 17.6 Å². The molecule has 1 saturated heterocycles. The van der Waals surface area contributed by atoms with Crippen LogP contribution in [0.4, 0.5) is 28.9 Å². The van der Waals surface area contributed by atoms with Crippen molar-refractivity contribution in [1.82, 2.24) is 5.32 Å². The first-order chi connectivity index (χ1) is 12.8. The molecule has 1 fully saturated rings. The van der Waals surface area contributed by atoms with Crippen molar-refractivity contribution in [2.45, 2.75) is 19.1 Å². The van der Waals surface area contributed by atoms with Crippen LogP contribution in [0.1, 0.15) is 17.5 Å². The fourth-order valence-corrected chi connectivity index (χ4v) is 2.80. The highest BCUT2D eigenvalue weighted by molar-refractivity contribution is 5.79. The van der Waals surface area contributed by atoms with Crippen LogP contribution in [-0.4, -0.2) is 19.1 Å². The highest BCUT2D eigenvalue weighted by Crippen LogP contribution is 2.36. The largest absolute Gasteiger partial charge is 0.418 e. The number of benzene rings is 2. The fraction of sp³-hybridized carbons (Fsp3) is 0.316. The van der Waals surface area contributed by atoms with Gasteiger partial charge in [-0.05, 0) is 42.3 Å². The van der Waals surface area contributed by atoms with Crippen molar-refractivity contribution in [3.05, 3.63) is 59.4 Å². The fourth-order valence-electron chi connectivity index (χ4n) is 2.80. The van der Waals surface area contributed by atoms with Gasteiger partial charge in [0, 0.05) is 18.8 Å². The molecule has 0 unspecified atom stereocenters. The van der Waals surface area contributed by atoms with E-state index in [1.54, 1.807) is 24.3 Å². The van der Waals surface area contributed by atoms with Gasteiger partial charge in [-0.15, -0.1) is 0 Å². The maximum absolute atomic E-state index is 13.2. The second-order valence-corrected chi connectivity index (χ2v) is 6.29. The maximum atomic E-state index is 13.2. The van der Waals surface area contributed by atoms with Crippen molar-refractivity contribution >= 4 is 17.3 Å². The van der Waals surface area contributed by atoms with Crippen molar-refractivity contribution in [3.63, 3.8) is 0 Å². The van der Waals surface area contributed by atoms with Crippen molar-refractivity contribution in [2.75, 3.05) is 18.5 Å². The molecule has 0 radical (unpaired) electrons. The second-order valence-electron chi connectivity index (χ2n) is 6.29. The Morgan fingerprint density at radius 3 is 2.52 bits per heavy atom. The Morgan fingerprint density at radius 1 is 1.15 bits per heavy atom. The van der Waals surface area contributed by atoms with E-state index in [-0.39, 0.29) is 17.5 Å². The molecule has 1 aliphatic heterocycles. The van der Waals surface area contributed by atoms with Gasteiger partial charge in [0.15, 0.2) is 0 Å². The van der Waals surface area contributed by atoms with E-state index in [1.807, 2.05) is 0 Å². The number of hydrogen-bond acceptors (Lipinski definition) is 3. The third-order valence-electron chi connectivity index (χ3n) is 4.29. The van der Waals surface area contributed by atoms with E-state index in [0.29, 0.717) is 37.9 Å². The summed E-state index contributed by atoms with van der Waals surface area (Å²) in [4.78, 5) is 11.9. The molecule has 3 rings (SSSR count). The summed E-state index contributed by atoms with van der Waals surface area (Å²) in [7, 11) is 0. The van der Waals surface area contributed by atoms with Gasteiger partial charge in [-0.2, -0.15) is 13.2 Å². The molecule has 1 amide bonds. The van der Waals surface area contributed by atoms with Crippen LogP contribution in [0.2, 0.25) is 0 Å². The standard InChI is InChI=1S/C19H18F4N2O2/c20-14-3-6-17(16(9-14)19(21,22)23)25-15-4-1-12(2-5-15)10-24-18(26)13-7-8-27-11-13/h1-6,9,13,25H,7-8,10-11H2,(H,24,26)/t13-/m1/s1. The van der Waals surface area contributed by atoms with Crippen molar-refractivity contribution < 1.29 is 27.1 Å².